The van der Waals surface area contributed by atoms with E-state index in [1.54, 1.807) is 0 Å². The zero-order chi connectivity index (χ0) is 15.6. The molecule has 0 saturated carbocycles. The van der Waals surface area contributed by atoms with Crippen molar-refractivity contribution in [3.63, 3.8) is 0 Å². The highest BCUT2D eigenvalue weighted by Crippen LogP contribution is 2.53. The highest BCUT2D eigenvalue weighted by molar-refractivity contribution is 9.10. The lowest BCUT2D eigenvalue weighted by Crippen LogP contribution is -2.15. The van der Waals surface area contributed by atoms with Gasteiger partial charge in [0, 0.05) is 15.3 Å². The third-order valence-corrected chi connectivity index (χ3v) is 5.54. The Morgan fingerprint density at radius 3 is 2.55 bits per heavy atom. The average Bonchev–Trinajstić information content (AvgIpc) is 2.68. The van der Waals surface area contributed by atoms with Crippen molar-refractivity contribution >= 4 is 26.7 Å². The van der Waals surface area contributed by atoms with Gasteiger partial charge in [-0.25, -0.2) is 0 Å². The SMILES string of the molecule is Cc1ccc2c(c1)C(C)(C)c1cc(O)c3c(Br)cccc3c1-2. The second-order valence-electron chi connectivity index (χ2n) is 6.65. The van der Waals surface area contributed by atoms with Crippen LogP contribution in [0.3, 0.4) is 0 Å². The van der Waals surface area contributed by atoms with E-state index in [0.29, 0.717) is 5.75 Å². The van der Waals surface area contributed by atoms with E-state index in [2.05, 4.69) is 61.0 Å². The minimum atomic E-state index is -0.0926. The predicted octanol–water partition coefficient (Wildman–Crippen LogP) is 5.92. The van der Waals surface area contributed by atoms with Gasteiger partial charge in [0.2, 0.25) is 0 Å². The monoisotopic (exact) mass is 352 g/mol. The first kappa shape index (κ1) is 13.8. The summed E-state index contributed by atoms with van der Waals surface area (Å²) in [6.07, 6.45) is 0. The van der Waals surface area contributed by atoms with Crippen LogP contribution in [-0.2, 0) is 5.41 Å². The molecule has 0 spiro atoms. The molecule has 4 rings (SSSR count). The number of halogens is 1. The number of aromatic hydroxyl groups is 1. The van der Waals surface area contributed by atoms with Crippen LogP contribution >= 0.6 is 15.9 Å². The molecular formula is C20H17BrO. The number of fused-ring (bicyclic) bond motifs is 5. The van der Waals surface area contributed by atoms with Crippen LogP contribution in [0, 0.1) is 6.92 Å². The molecule has 0 heterocycles. The maximum absolute atomic E-state index is 10.6. The Balaban J connectivity index is 2.23. The van der Waals surface area contributed by atoms with Gasteiger partial charge in [0.1, 0.15) is 5.75 Å². The minimum absolute atomic E-state index is 0.0926. The van der Waals surface area contributed by atoms with E-state index >= 15 is 0 Å². The topological polar surface area (TPSA) is 20.2 Å². The first-order chi connectivity index (χ1) is 10.4. The van der Waals surface area contributed by atoms with Gasteiger partial charge in [-0.15, -0.1) is 0 Å². The molecule has 22 heavy (non-hydrogen) atoms. The number of aryl methyl sites for hydroxylation is 1. The fourth-order valence-electron chi connectivity index (χ4n) is 3.74. The molecule has 0 radical (unpaired) electrons. The Hall–Kier alpha value is -1.80. The Morgan fingerprint density at radius 2 is 1.77 bits per heavy atom. The maximum Gasteiger partial charge on any atom is 0.124 e. The molecular weight excluding hydrogens is 336 g/mol. The van der Waals surface area contributed by atoms with Crippen molar-refractivity contribution in [3.05, 3.63) is 63.6 Å². The second kappa shape index (κ2) is 4.36. The van der Waals surface area contributed by atoms with Crippen molar-refractivity contribution in [2.75, 3.05) is 0 Å². The molecule has 0 fully saturated rings. The molecule has 110 valence electrons. The summed E-state index contributed by atoms with van der Waals surface area (Å²) in [7, 11) is 0. The highest BCUT2D eigenvalue weighted by atomic mass is 79.9. The van der Waals surface area contributed by atoms with E-state index in [9.17, 15) is 5.11 Å². The standard InChI is InChI=1S/C20H17BrO/c1-11-7-8-12-14(9-11)20(2,3)15-10-17(22)19-13(18(12)15)5-4-6-16(19)21/h4-10,22H,1-3H3. The summed E-state index contributed by atoms with van der Waals surface area (Å²) in [6, 6.07) is 14.7. The lowest BCUT2D eigenvalue weighted by molar-refractivity contribution is 0.479. The van der Waals surface area contributed by atoms with Gasteiger partial charge in [-0.2, -0.15) is 0 Å². The summed E-state index contributed by atoms with van der Waals surface area (Å²) >= 11 is 3.58. The summed E-state index contributed by atoms with van der Waals surface area (Å²) in [5.74, 6) is 0.346. The van der Waals surface area contributed by atoms with E-state index in [1.807, 2.05) is 18.2 Å². The normalized spacial score (nSPS) is 14.9. The van der Waals surface area contributed by atoms with Gasteiger partial charge < -0.3 is 5.11 Å². The summed E-state index contributed by atoms with van der Waals surface area (Å²) in [6.45, 7) is 6.60. The fourth-order valence-corrected chi connectivity index (χ4v) is 4.31. The van der Waals surface area contributed by atoms with Gasteiger partial charge >= 0.3 is 0 Å². The van der Waals surface area contributed by atoms with Crippen LogP contribution in [0.5, 0.6) is 5.75 Å². The van der Waals surface area contributed by atoms with E-state index in [4.69, 9.17) is 0 Å². The van der Waals surface area contributed by atoms with E-state index < -0.39 is 0 Å². The molecule has 1 aliphatic rings. The molecule has 0 bridgehead atoms. The van der Waals surface area contributed by atoms with Crippen LogP contribution in [0.1, 0.15) is 30.5 Å². The average molecular weight is 353 g/mol. The fraction of sp³-hybridized carbons (Fsp3) is 0.200. The van der Waals surface area contributed by atoms with Crippen molar-refractivity contribution in [3.8, 4) is 16.9 Å². The Labute approximate surface area is 138 Å². The molecule has 0 saturated heterocycles. The number of phenolic OH excluding ortho intramolecular Hbond substituents is 1. The minimum Gasteiger partial charge on any atom is -0.507 e. The molecule has 0 aliphatic heterocycles. The van der Waals surface area contributed by atoms with Gasteiger partial charge in [0.05, 0.1) is 0 Å². The molecule has 1 nitrogen and oxygen atoms in total. The summed E-state index contributed by atoms with van der Waals surface area (Å²) < 4.78 is 0.934. The number of phenols is 1. The molecule has 0 atom stereocenters. The smallest absolute Gasteiger partial charge is 0.124 e. The predicted molar refractivity (Wildman–Crippen MR) is 95.6 cm³/mol. The summed E-state index contributed by atoms with van der Waals surface area (Å²) in [5.41, 5.74) is 6.27. The molecule has 0 amide bonds. The lowest BCUT2D eigenvalue weighted by Gasteiger charge is -2.22. The van der Waals surface area contributed by atoms with Gasteiger partial charge in [-0.1, -0.05) is 65.7 Å². The zero-order valence-corrected chi connectivity index (χ0v) is 14.5. The Kier molecular flexibility index (Phi) is 2.74. The highest BCUT2D eigenvalue weighted by Gasteiger charge is 2.37. The molecule has 0 aromatic heterocycles. The van der Waals surface area contributed by atoms with Crippen molar-refractivity contribution in [2.45, 2.75) is 26.2 Å². The van der Waals surface area contributed by atoms with Crippen molar-refractivity contribution < 1.29 is 5.11 Å². The Bertz CT molecular complexity index is 938. The molecule has 3 aromatic rings. The van der Waals surface area contributed by atoms with Crippen LogP contribution in [0.4, 0.5) is 0 Å². The number of benzene rings is 3. The van der Waals surface area contributed by atoms with Crippen LogP contribution in [-0.4, -0.2) is 5.11 Å². The number of rotatable bonds is 0. The number of hydrogen-bond acceptors (Lipinski definition) is 1. The molecule has 0 unspecified atom stereocenters. The number of hydrogen-bond donors (Lipinski definition) is 1. The van der Waals surface area contributed by atoms with E-state index in [-0.39, 0.29) is 5.41 Å². The zero-order valence-electron chi connectivity index (χ0n) is 12.9. The van der Waals surface area contributed by atoms with Gasteiger partial charge in [0.15, 0.2) is 0 Å². The Morgan fingerprint density at radius 1 is 1.00 bits per heavy atom. The van der Waals surface area contributed by atoms with Crippen molar-refractivity contribution in [2.24, 2.45) is 0 Å². The largest absolute Gasteiger partial charge is 0.507 e. The molecule has 1 N–H and O–H groups in total. The van der Waals surface area contributed by atoms with Crippen LogP contribution in [0.2, 0.25) is 0 Å². The van der Waals surface area contributed by atoms with Gasteiger partial charge in [0.25, 0.3) is 0 Å². The summed E-state index contributed by atoms with van der Waals surface area (Å²) in [4.78, 5) is 0. The third-order valence-electron chi connectivity index (χ3n) is 4.88. The van der Waals surface area contributed by atoms with Crippen LogP contribution in [0.15, 0.2) is 46.9 Å². The maximum atomic E-state index is 10.6. The van der Waals surface area contributed by atoms with E-state index in [0.717, 1.165) is 15.2 Å². The third kappa shape index (κ3) is 1.65. The molecule has 2 heteroatoms. The summed E-state index contributed by atoms with van der Waals surface area (Å²) in [5, 5.41) is 12.6. The molecule has 3 aromatic carbocycles. The van der Waals surface area contributed by atoms with Crippen LogP contribution in [0.25, 0.3) is 21.9 Å². The van der Waals surface area contributed by atoms with Gasteiger partial charge in [-0.05, 0) is 46.7 Å². The van der Waals surface area contributed by atoms with Crippen molar-refractivity contribution in [1.29, 1.82) is 0 Å². The van der Waals surface area contributed by atoms with Crippen LogP contribution < -0.4 is 0 Å². The van der Waals surface area contributed by atoms with E-state index in [1.165, 1.54) is 27.8 Å². The van der Waals surface area contributed by atoms with Crippen molar-refractivity contribution in [1.82, 2.24) is 0 Å². The second-order valence-corrected chi connectivity index (χ2v) is 7.51. The lowest BCUT2D eigenvalue weighted by atomic mass is 9.81. The quantitative estimate of drug-likeness (QED) is 0.532. The first-order valence-corrected chi connectivity index (χ1v) is 8.26. The van der Waals surface area contributed by atoms with Gasteiger partial charge in [-0.3, -0.25) is 0 Å². The molecule has 1 aliphatic carbocycles. The first-order valence-electron chi connectivity index (χ1n) is 7.47.